The van der Waals surface area contributed by atoms with E-state index in [0.717, 1.165) is 35.4 Å². The lowest BCUT2D eigenvalue weighted by Crippen LogP contribution is -2.48. The number of hydrogen-bond acceptors (Lipinski definition) is 3. The van der Waals surface area contributed by atoms with E-state index in [4.69, 9.17) is 5.14 Å². The van der Waals surface area contributed by atoms with Crippen LogP contribution in [0.25, 0.3) is 0 Å². The number of primary sulfonamides is 1. The minimum Gasteiger partial charge on any atom is -0.312 e. The normalized spacial score (nSPS) is 35.0. The zero-order valence-electron chi connectivity index (χ0n) is 15.0. The van der Waals surface area contributed by atoms with Gasteiger partial charge in [0.25, 0.3) is 0 Å². The number of benzene rings is 1. The van der Waals surface area contributed by atoms with Gasteiger partial charge in [0.2, 0.25) is 15.9 Å². The number of nitrogens with zero attached hydrogens (tertiary/aromatic N) is 1. The van der Waals surface area contributed by atoms with Crippen molar-refractivity contribution in [1.29, 1.82) is 0 Å². The smallest absolute Gasteiger partial charge is 0.238 e. The van der Waals surface area contributed by atoms with E-state index in [9.17, 15) is 13.2 Å². The van der Waals surface area contributed by atoms with Crippen molar-refractivity contribution < 1.29 is 13.2 Å². The van der Waals surface area contributed by atoms with Crippen molar-refractivity contribution in [3.8, 4) is 0 Å². The minimum atomic E-state index is -3.76. The molecule has 1 aromatic carbocycles. The van der Waals surface area contributed by atoms with Crippen LogP contribution >= 0.6 is 0 Å². The molecule has 0 aromatic heterocycles. The standard InChI is InChI=1S/C20H26N2O3S/c21-26(24,25)17-2-1-16-3-4-22(18(16)8-17)19(23)12-20-9-13-5-14(10-20)7-15(6-13)11-20/h1-2,8,13-15H,3-7,9-12H2,(H2,21,24,25). The molecule has 140 valence electrons. The molecule has 26 heavy (non-hydrogen) atoms. The van der Waals surface area contributed by atoms with Gasteiger partial charge in [-0.05, 0) is 85.8 Å². The summed E-state index contributed by atoms with van der Waals surface area (Å²) in [6.07, 6.45) is 9.16. The van der Waals surface area contributed by atoms with E-state index in [0.29, 0.717) is 13.0 Å². The lowest BCUT2D eigenvalue weighted by molar-refractivity contribution is -0.126. The van der Waals surface area contributed by atoms with Crippen molar-refractivity contribution >= 4 is 21.6 Å². The van der Waals surface area contributed by atoms with E-state index in [1.165, 1.54) is 38.5 Å². The van der Waals surface area contributed by atoms with E-state index in [1.807, 2.05) is 4.90 Å². The topological polar surface area (TPSA) is 80.5 Å². The Bertz CT molecular complexity index is 842. The second-order valence-corrected chi connectivity index (χ2v) is 10.8. The van der Waals surface area contributed by atoms with E-state index < -0.39 is 10.0 Å². The highest BCUT2D eigenvalue weighted by Crippen LogP contribution is 2.61. The van der Waals surface area contributed by atoms with Crippen LogP contribution < -0.4 is 10.0 Å². The summed E-state index contributed by atoms with van der Waals surface area (Å²) in [6.45, 7) is 0.647. The van der Waals surface area contributed by atoms with Crippen molar-refractivity contribution in [2.24, 2.45) is 28.3 Å². The van der Waals surface area contributed by atoms with Gasteiger partial charge < -0.3 is 4.90 Å². The summed E-state index contributed by atoms with van der Waals surface area (Å²) in [6, 6.07) is 4.92. The monoisotopic (exact) mass is 374 g/mol. The number of fused-ring (bicyclic) bond motifs is 1. The quantitative estimate of drug-likeness (QED) is 0.883. The molecule has 1 aromatic rings. The average Bonchev–Trinajstić information content (AvgIpc) is 2.95. The van der Waals surface area contributed by atoms with Crippen molar-refractivity contribution in [2.75, 3.05) is 11.4 Å². The highest BCUT2D eigenvalue weighted by Gasteiger charge is 2.52. The summed E-state index contributed by atoms with van der Waals surface area (Å²) in [4.78, 5) is 15.1. The summed E-state index contributed by atoms with van der Waals surface area (Å²) in [7, 11) is -3.76. The third-order valence-corrected chi connectivity index (χ3v) is 8.18. The summed E-state index contributed by atoms with van der Waals surface area (Å²) < 4.78 is 23.4. The summed E-state index contributed by atoms with van der Waals surface area (Å²) in [5.41, 5.74) is 1.98. The maximum absolute atomic E-state index is 13.2. The number of anilines is 1. The molecule has 6 rings (SSSR count). The zero-order chi connectivity index (χ0) is 18.1. The summed E-state index contributed by atoms with van der Waals surface area (Å²) in [5.74, 6) is 2.65. The van der Waals surface area contributed by atoms with Crippen molar-refractivity contribution in [1.82, 2.24) is 0 Å². The number of amides is 1. The highest BCUT2D eigenvalue weighted by molar-refractivity contribution is 7.89. The predicted molar refractivity (Wildman–Crippen MR) is 99.1 cm³/mol. The molecule has 4 saturated carbocycles. The highest BCUT2D eigenvalue weighted by atomic mass is 32.2. The lowest BCUT2D eigenvalue weighted by atomic mass is 9.49. The van der Waals surface area contributed by atoms with Gasteiger partial charge in [0.15, 0.2) is 0 Å². The van der Waals surface area contributed by atoms with E-state index in [1.54, 1.807) is 18.2 Å². The van der Waals surface area contributed by atoms with Gasteiger partial charge in [-0.3, -0.25) is 4.79 Å². The molecule has 1 amide bonds. The third kappa shape index (κ3) is 2.69. The van der Waals surface area contributed by atoms with E-state index >= 15 is 0 Å². The Labute approximate surface area is 155 Å². The number of sulfonamides is 1. The van der Waals surface area contributed by atoms with E-state index in [2.05, 4.69) is 0 Å². The third-order valence-electron chi connectivity index (χ3n) is 7.27. The van der Waals surface area contributed by atoms with Gasteiger partial charge in [-0.25, -0.2) is 13.6 Å². The van der Waals surface area contributed by atoms with Crippen molar-refractivity contribution in [3.63, 3.8) is 0 Å². The van der Waals surface area contributed by atoms with Crippen LogP contribution in [-0.4, -0.2) is 20.9 Å². The van der Waals surface area contributed by atoms with Gasteiger partial charge in [-0.15, -0.1) is 0 Å². The first-order valence-electron chi connectivity index (χ1n) is 9.77. The first-order valence-corrected chi connectivity index (χ1v) is 11.3. The van der Waals surface area contributed by atoms with Crippen LogP contribution in [0.2, 0.25) is 0 Å². The zero-order valence-corrected chi connectivity index (χ0v) is 15.8. The maximum atomic E-state index is 13.2. The van der Waals surface area contributed by atoms with Crippen LogP contribution in [0, 0.1) is 23.2 Å². The molecular formula is C20H26N2O3S. The molecule has 4 fully saturated rings. The van der Waals surface area contributed by atoms with Gasteiger partial charge in [-0.2, -0.15) is 0 Å². The molecule has 0 unspecified atom stereocenters. The molecule has 0 spiro atoms. The van der Waals surface area contributed by atoms with Crippen LogP contribution in [0.1, 0.15) is 50.5 Å². The molecule has 0 radical (unpaired) electrons. The summed E-state index contributed by atoms with van der Waals surface area (Å²) >= 11 is 0. The van der Waals surface area contributed by atoms with Crippen LogP contribution in [-0.2, 0) is 21.2 Å². The molecule has 0 atom stereocenters. The maximum Gasteiger partial charge on any atom is 0.238 e. The molecule has 4 bridgehead atoms. The molecule has 0 saturated heterocycles. The molecule has 6 heteroatoms. The molecule has 2 N–H and O–H groups in total. The number of carbonyl (C=O) groups excluding carboxylic acids is 1. The fourth-order valence-electron chi connectivity index (χ4n) is 6.72. The van der Waals surface area contributed by atoms with Gasteiger partial charge in [-0.1, -0.05) is 6.07 Å². The van der Waals surface area contributed by atoms with Gasteiger partial charge in [0.1, 0.15) is 0 Å². The second kappa shape index (κ2) is 5.55. The first kappa shape index (κ1) is 16.8. The van der Waals surface area contributed by atoms with Crippen molar-refractivity contribution in [2.45, 2.75) is 56.3 Å². The van der Waals surface area contributed by atoms with Crippen molar-refractivity contribution in [3.05, 3.63) is 23.8 Å². The number of rotatable bonds is 3. The van der Waals surface area contributed by atoms with Crippen LogP contribution in [0.3, 0.4) is 0 Å². The Balaban J connectivity index is 1.40. The minimum absolute atomic E-state index is 0.0887. The molecule has 4 aliphatic carbocycles. The molecule has 1 heterocycles. The number of hydrogen-bond donors (Lipinski definition) is 1. The Hall–Kier alpha value is -1.40. The Morgan fingerprint density at radius 1 is 1.12 bits per heavy atom. The predicted octanol–water partition coefficient (Wildman–Crippen LogP) is 2.83. The lowest BCUT2D eigenvalue weighted by Gasteiger charge is -2.56. The largest absolute Gasteiger partial charge is 0.312 e. The first-order chi connectivity index (χ1) is 12.3. The van der Waals surface area contributed by atoms with Crippen LogP contribution in [0.4, 0.5) is 5.69 Å². The molecule has 5 aliphatic rings. The average molecular weight is 375 g/mol. The Kier molecular flexibility index (Phi) is 3.58. The number of nitrogens with two attached hydrogens (primary N) is 1. The Morgan fingerprint density at radius 2 is 1.73 bits per heavy atom. The Morgan fingerprint density at radius 3 is 2.31 bits per heavy atom. The van der Waals surface area contributed by atoms with Crippen LogP contribution in [0.15, 0.2) is 23.1 Å². The number of carbonyl (C=O) groups is 1. The molecule has 1 aliphatic heterocycles. The fourth-order valence-corrected chi connectivity index (χ4v) is 7.25. The molecular weight excluding hydrogens is 348 g/mol. The molecule has 5 nitrogen and oxygen atoms in total. The van der Waals surface area contributed by atoms with Crippen LogP contribution in [0.5, 0.6) is 0 Å². The van der Waals surface area contributed by atoms with E-state index in [-0.39, 0.29) is 16.2 Å². The summed E-state index contributed by atoms with van der Waals surface area (Å²) in [5, 5.41) is 5.28. The van der Waals surface area contributed by atoms with Gasteiger partial charge >= 0.3 is 0 Å². The van der Waals surface area contributed by atoms with Gasteiger partial charge in [0.05, 0.1) is 4.90 Å². The second-order valence-electron chi connectivity index (χ2n) is 9.23. The SMILES string of the molecule is NS(=O)(=O)c1ccc2c(c1)N(C(=O)CC13CC4CC(CC(C4)C1)C3)CC2. The fraction of sp³-hybridized carbons (Fsp3) is 0.650. The van der Waals surface area contributed by atoms with Gasteiger partial charge in [0, 0.05) is 18.7 Å².